The molecular weight excluding hydrogens is 226 g/mol. The molecule has 0 amide bonds. The lowest BCUT2D eigenvalue weighted by molar-refractivity contribution is 0.463. The molecule has 0 aromatic heterocycles. The summed E-state index contributed by atoms with van der Waals surface area (Å²) < 4.78 is 26.0. The monoisotopic (exact) mass is 247 g/mol. The van der Waals surface area contributed by atoms with Gasteiger partial charge in [0.2, 0.25) is 10.0 Å². The second-order valence-electron chi connectivity index (χ2n) is 4.25. The molecular formula is C10H21N3O2S. The minimum Gasteiger partial charge on any atom is -0.329 e. The third-order valence-electron chi connectivity index (χ3n) is 2.26. The average Bonchev–Trinajstić information content (AvgIpc) is 2.16. The summed E-state index contributed by atoms with van der Waals surface area (Å²) in [6, 6.07) is 1.50. The zero-order chi connectivity index (χ0) is 12.8. The van der Waals surface area contributed by atoms with E-state index in [1.54, 1.807) is 13.0 Å². The fourth-order valence-electron chi connectivity index (χ4n) is 1.46. The van der Waals surface area contributed by atoms with Gasteiger partial charge in [-0.1, -0.05) is 20.8 Å². The number of rotatable bonds is 7. The largest absolute Gasteiger partial charge is 0.329 e. The van der Waals surface area contributed by atoms with Gasteiger partial charge < -0.3 is 5.73 Å². The SMILES string of the molecule is CCC(C#N)S(=O)(=O)NC(CN)CC(C)C. The van der Waals surface area contributed by atoms with E-state index in [4.69, 9.17) is 11.0 Å². The van der Waals surface area contributed by atoms with Crippen molar-refractivity contribution >= 4 is 10.0 Å². The molecule has 2 atom stereocenters. The molecule has 0 aliphatic heterocycles. The van der Waals surface area contributed by atoms with Gasteiger partial charge in [-0.15, -0.1) is 0 Å². The van der Waals surface area contributed by atoms with Crippen LogP contribution in [0.15, 0.2) is 0 Å². The van der Waals surface area contributed by atoms with Gasteiger partial charge in [-0.3, -0.25) is 0 Å². The van der Waals surface area contributed by atoms with Crippen LogP contribution in [0, 0.1) is 17.2 Å². The molecule has 0 saturated heterocycles. The summed E-state index contributed by atoms with van der Waals surface area (Å²) in [6.45, 7) is 5.92. The van der Waals surface area contributed by atoms with Crippen LogP contribution in [0.5, 0.6) is 0 Å². The average molecular weight is 247 g/mol. The van der Waals surface area contributed by atoms with Crippen LogP contribution >= 0.6 is 0 Å². The Morgan fingerprint density at radius 3 is 2.31 bits per heavy atom. The quantitative estimate of drug-likeness (QED) is 0.688. The predicted octanol–water partition coefficient (Wildman–Crippen LogP) is 0.581. The molecule has 0 aromatic rings. The summed E-state index contributed by atoms with van der Waals surface area (Å²) in [5.74, 6) is 0.360. The minimum absolute atomic E-state index is 0.249. The number of hydrogen-bond acceptors (Lipinski definition) is 4. The van der Waals surface area contributed by atoms with E-state index in [0.29, 0.717) is 12.3 Å². The Kier molecular flexibility index (Phi) is 6.56. The maximum atomic E-state index is 11.8. The van der Waals surface area contributed by atoms with Crippen LogP contribution in [-0.2, 0) is 10.0 Å². The van der Waals surface area contributed by atoms with E-state index < -0.39 is 15.3 Å². The van der Waals surface area contributed by atoms with Gasteiger partial charge in [0.05, 0.1) is 6.07 Å². The van der Waals surface area contributed by atoms with Gasteiger partial charge in [-0.25, -0.2) is 13.1 Å². The third-order valence-corrected chi connectivity index (χ3v) is 4.11. The Morgan fingerprint density at radius 1 is 1.44 bits per heavy atom. The van der Waals surface area contributed by atoms with Gasteiger partial charge in [-0.2, -0.15) is 5.26 Å². The summed E-state index contributed by atoms with van der Waals surface area (Å²) >= 11 is 0. The number of sulfonamides is 1. The lowest BCUT2D eigenvalue weighted by atomic mass is 10.1. The van der Waals surface area contributed by atoms with Crippen LogP contribution in [0.25, 0.3) is 0 Å². The van der Waals surface area contributed by atoms with E-state index in [-0.39, 0.29) is 19.0 Å². The number of hydrogen-bond donors (Lipinski definition) is 2. The molecule has 0 rings (SSSR count). The molecule has 0 radical (unpaired) electrons. The van der Waals surface area contributed by atoms with Crippen LogP contribution in [-0.4, -0.2) is 26.3 Å². The van der Waals surface area contributed by atoms with Gasteiger partial charge in [0, 0.05) is 12.6 Å². The molecule has 0 spiro atoms. The van der Waals surface area contributed by atoms with Crippen molar-refractivity contribution in [3.8, 4) is 6.07 Å². The van der Waals surface area contributed by atoms with Crippen LogP contribution in [0.2, 0.25) is 0 Å². The van der Waals surface area contributed by atoms with Gasteiger partial charge in [0.15, 0.2) is 5.25 Å². The molecule has 94 valence electrons. The molecule has 0 aliphatic carbocycles. The highest BCUT2D eigenvalue weighted by molar-refractivity contribution is 7.90. The highest BCUT2D eigenvalue weighted by atomic mass is 32.2. The predicted molar refractivity (Wildman–Crippen MR) is 64.0 cm³/mol. The molecule has 2 unspecified atom stereocenters. The zero-order valence-electron chi connectivity index (χ0n) is 10.1. The normalized spacial score (nSPS) is 15.8. The first kappa shape index (κ1) is 15.4. The minimum atomic E-state index is -3.57. The molecule has 3 N–H and O–H groups in total. The third kappa shape index (κ3) is 4.92. The van der Waals surface area contributed by atoms with Crippen molar-refractivity contribution in [2.45, 2.75) is 44.9 Å². The number of nitrogens with two attached hydrogens (primary N) is 1. The van der Waals surface area contributed by atoms with Crippen molar-refractivity contribution in [1.82, 2.24) is 4.72 Å². The summed E-state index contributed by atoms with van der Waals surface area (Å²) in [5.41, 5.74) is 5.50. The lowest BCUT2D eigenvalue weighted by Gasteiger charge is -2.20. The number of nitriles is 1. The molecule has 0 heterocycles. The Morgan fingerprint density at radius 2 is 2.00 bits per heavy atom. The van der Waals surface area contributed by atoms with Crippen molar-refractivity contribution in [3.63, 3.8) is 0 Å². The van der Waals surface area contributed by atoms with E-state index in [9.17, 15) is 8.42 Å². The van der Waals surface area contributed by atoms with Crippen LogP contribution < -0.4 is 10.5 Å². The van der Waals surface area contributed by atoms with Gasteiger partial charge >= 0.3 is 0 Å². The Balaban J connectivity index is 4.62. The van der Waals surface area contributed by atoms with Crippen LogP contribution in [0.3, 0.4) is 0 Å². The second-order valence-corrected chi connectivity index (χ2v) is 6.15. The van der Waals surface area contributed by atoms with Gasteiger partial charge in [0.25, 0.3) is 0 Å². The summed E-state index contributed by atoms with van der Waals surface area (Å²) in [7, 11) is -3.57. The highest BCUT2D eigenvalue weighted by Gasteiger charge is 2.26. The lowest BCUT2D eigenvalue weighted by Crippen LogP contribution is -2.44. The Labute approximate surface area is 98.1 Å². The fraction of sp³-hybridized carbons (Fsp3) is 0.900. The van der Waals surface area contributed by atoms with Crippen molar-refractivity contribution < 1.29 is 8.42 Å². The van der Waals surface area contributed by atoms with E-state index in [1.807, 2.05) is 13.8 Å². The molecule has 16 heavy (non-hydrogen) atoms. The van der Waals surface area contributed by atoms with E-state index in [1.165, 1.54) is 0 Å². The Hall–Kier alpha value is -0.640. The first-order chi connectivity index (χ1) is 7.37. The fourth-order valence-corrected chi connectivity index (χ4v) is 2.85. The molecule has 0 aliphatic rings. The topological polar surface area (TPSA) is 96.0 Å². The van der Waals surface area contributed by atoms with Crippen molar-refractivity contribution in [2.75, 3.05) is 6.54 Å². The van der Waals surface area contributed by atoms with Crippen LogP contribution in [0.1, 0.15) is 33.6 Å². The number of nitrogens with zero attached hydrogens (tertiary/aromatic N) is 1. The first-order valence-electron chi connectivity index (χ1n) is 5.48. The van der Waals surface area contributed by atoms with E-state index >= 15 is 0 Å². The van der Waals surface area contributed by atoms with Crippen LogP contribution in [0.4, 0.5) is 0 Å². The molecule has 0 bridgehead atoms. The Bertz CT molecular complexity index is 332. The maximum Gasteiger partial charge on any atom is 0.228 e. The van der Waals surface area contributed by atoms with Crippen molar-refractivity contribution in [3.05, 3.63) is 0 Å². The summed E-state index contributed by atoms with van der Waals surface area (Å²) in [4.78, 5) is 0. The molecule has 0 aromatic carbocycles. The van der Waals surface area contributed by atoms with E-state index in [2.05, 4.69) is 4.72 Å². The zero-order valence-corrected chi connectivity index (χ0v) is 10.9. The standard InChI is InChI=1S/C10H21N3O2S/c1-4-10(7-12)16(14,15)13-9(6-11)5-8(2)3/h8-10,13H,4-6,11H2,1-3H3. The molecule has 5 nitrogen and oxygen atoms in total. The van der Waals surface area contributed by atoms with Crippen molar-refractivity contribution in [1.29, 1.82) is 5.26 Å². The highest BCUT2D eigenvalue weighted by Crippen LogP contribution is 2.08. The summed E-state index contributed by atoms with van der Waals surface area (Å²) in [5, 5.41) is 7.74. The number of nitrogens with one attached hydrogen (secondary N) is 1. The van der Waals surface area contributed by atoms with E-state index in [0.717, 1.165) is 0 Å². The smallest absolute Gasteiger partial charge is 0.228 e. The van der Waals surface area contributed by atoms with Gasteiger partial charge in [0.1, 0.15) is 0 Å². The van der Waals surface area contributed by atoms with Crippen molar-refractivity contribution in [2.24, 2.45) is 11.7 Å². The molecule has 0 saturated carbocycles. The molecule has 6 heteroatoms. The van der Waals surface area contributed by atoms with Gasteiger partial charge in [-0.05, 0) is 18.8 Å². The maximum absolute atomic E-state index is 11.8. The second kappa shape index (κ2) is 6.84. The summed E-state index contributed by atoms with van der Waals surface area (Å²) in [6.07, 6.45) is 0.961. The first-order valence-corrected chi connectivity index (χ1v) is 7.02. The molecule has 0 fully saturated rings.